The zero-order chi connectivity index (χ0) is 20.2. The number of nitrogens with zero attached hydrogens (tertiary/aromatic N) is 3. The number of likely N-dealkylation sites (N-methyl/N-ethyl adjacent to an activating group) is 1. The molecule has 0 saturated heterocycles. The third-order valence-corrected chi connectivity index (χ3v) is 6.07. The molecule has 152 valence electrons. The van der Waals surface area contributed by atoms with Crippen molar-refractivity contribution in [2.24, 2.45) is 4.99 Å². The van der Waals surface area contributed by atoms with Crippen molar-refractivity contribution in [2.45, 2.75) is 24.7 Å². The molecular weight excluding hydrogens is 390 g/mol. The summed E-state index contributed by atoms with van der Waals surface area (Å²) in [7, 11) is 3.48. The summed E-state index contributed by atoms with van der Waals surface area (Å²) in [5.74, 6) is 1.56. The molecule has 2 rings (SSSR count). The zero-order valence-corrected chi connectivity index (χ0v) is 18.4. The van der Waals surface area contributed by atoms with E-state index in [-0.39, 0.29) is 12.5 Å². The molecule has 8 heteroatoms. The van der Waals surface area contributed by atoms with Gasteiger partial charge in [-0.25, -0.2) is 9.98 Å². The molecule has 0 bridgehead atoms. The minimum absolute atomic E-state index is 0.0210. The minimum Gasteiger partial charge on any atom is -0.356 e. The van der Waals surface area contributed by atoms with Gasteiger partial charge in [-0.1, -0.05) is 25.1 Å². The van der Waals surface area contributed by atoms with Gasteiger partial charge in [0.25, 0.3) is 0 Å². The molecule has 1 heterocycles. The van der Waals surface area contributed by atoms with Gasteiger partial charge >= 0.3 is 0 Å². The number of aryl methyl sites for hydroxylation is 1. The lowest BCUT2D eigenvalue weighted by Crippen LogP contribution is -2.40. The van der Waals surface area contributed by atoms with E-state index in [0.29, 0.717) is 5.96 Å². The first kappa shape index (κ1) is 22.2. The molecule has 0 radical (unpaired) electrons. The number of rotatable bonds is 10. The highest BCUT2D eigenvalue weighted by Gasteiger charge is 2.06. The van der Waals surface area contributed by atoms with Crippen molar-refractivity contribution in [2.75, 3.05) is 39.5 Å². The van der Waals surface area contributed by atoms with Gasteiger partial charge in [0.05, 0.1) is 5.01 Å². The lowest BCUT2D eigenvalue weighted by Gasteiger charge is -2.13. The Balaban J connectivity index is 1.81. The Morgan fingerprint density at radius 1 is 1.21 bits per heavy atom. The highest BCUT2D eigenvalue weighted by Crippen LogP contribution is 2.15. The van der Waals surface area contributed by atoms with Crippen molar-refractivity contribution in [3.63, 3.8) is 0 Å². The molecule has 6 nitrogen and oxygen atoms in total. The van der Waals surface area contributed by atoms with Gasteiger partial charge in [-0.3, -0.25) is 4.79 Å². The molecule has 0 atom stereocenters. The molecule has 0 fully saturated rings. The van der Waals surface area contributed by atoms with E-state index < -0.39 is 0 Å². The van der Waals surface area contributed by atoms with Crippen molar-refractivity contribution in [1.29, 1.82) is 0 Å². The predicted octanol–water partition coefficient (Wildman–Crippen LogP) is 2.66. The van der Waals surface area contributed by atoms with Gasteiger partial charge in [0.1, 0.15) is 6.54 Å². The Bertz CT molecular complexity index is 746. The fraction of sp³-hybridized carbons (Fsp3) is 0.450. The number of thioether (sulfide) groups is 1. The summed E-state index contributed by atoms with van der Waals surface area (Å²) in [6.45, 7) is 3.76. The normalized spacial score (nSPS) is 11.3. The molecule has 0 aliphatic carbocycles. The highest BCUT2D eigenvalue weighted by molar-refractivity contribution is 7.99. The molecule has 28 heavy (non-hydrogen) atoms. The van der Waals surface area contributed by atoms with Crippen LogP contribution in [-0.2, 0) is 17.6 Å². The fourth-order valence-electron chi connectivity index (χ4n) is 2.23. The summed E-state index contributed by atoms with van der Waals surface area (Å²) in [5.41, 5.74) is 0. The summed E-state index contributed by atoms with van der Waals surface area (Å²) < 4.78 is 0. The standard InChI is InChI=1S/C20H29N5OS2/c1-4-16-14-23-18(28-16)10-11-21-20(24-15-19(26)25(2)3)22-12-13-27-17-8-6-5-7-9-17/h5-9,14H,4,10-13,15H2,1-3H3,(H2,21,22,24). The van der Waals surface area contributed by atoms with Crippen LogP contribution >= 0.6 is 23.1 Å². The largest absolute Gasteiger partial charge is 0.356 e. The lowest BCUT2D eigenvalue weighted by molar-refractivity contribution is -0.127. The second-order valence-electron chi connectivity index (χ2n) is 6.29. The summed E-state index contributed by atoms with van der Waals surface area (Å²) in [6, 6.07) is 10.3. The Morgan fingerprint density at radius 2 is 1.96 bits per heavy atom. The molecule has 1 amide bonds. The Morgan fingerprint density at radius 3 is 2.64 bits per heavy atom. The quantitative estimate of drug-likeness (QED) is 0.268. The van der Waals surface area contributed by atoms with Gasteiger partial charge in [0.15, 0.2) is 5.96 Å². The number of aromatic nitrogens is 1. The van der Waals surface area contributed by atoms with Crippen LogP contribution in [0.1, 0.15) is 16.8 Å². The molecule has 0 spiro atoms. The summed E-state index contributed by atoms with van der Waals surface area (Å²) >= 11 is 3.54. The van der Waals surface area contributed by atoms with E-state index in [1.807, 2.05) is 24.4 Å². The van der Waals surface area contributed by atoms with Crippen molar-refractivity contribution in [3.05, 3.63) is 46.4 Å². The number of benzene rings is 1. The maximum Gasteiger partial charge on any atom is 0.243 e. The van der Waals surface area contributed by atoms with E-state index in [4.69, 9.17) is 0 Å². The molecule has 0 aliphatic rings. The van der Waals surface area contributed by atoms with E-state index in [1.54, 1.807) is 42.1 Å². The number of guanidine groups is 1. The monoisotopic (exact) mass is 419 g/mol. The zero-order valence-electron chi connectivity index (χ0n) is 16.8. The average molecular weight is 420 g/mol. The number of hydrogen-bond acceptors (Lipinski definition) is 5. The number of carbonyl (C=O) groups is 1. The van der Waals surface area contributed by atoms with Gasteiger partial charge in [-0.2, -0.15) is 0 Å². The molecular formula is C20H29N5OS2. The smallest absolute Gasteiger partial charge is 0.243 e. The van der Waals surface area contributed by atoms with Crippen molar-refractivity contribution in [1.82, 2.24) is 20.5 Å². The minimum atomic E-state index is -0.0210. The van der Waals surface area contributed by atoms with Crippen LogP contribution in [0.2, 0.25) is 0 Å². The average Bonchev–Trinajstić information content (AvgIpc) is 3.17. The third kappa shape index (κ3) is 8.31. The van der Waals surface area contributed by atoms with Crippen LogP contribution in [0.4, 0.5) is 0 Å². The first-order chi connectivity index (χ1) is 13.6. The van der Waals surface area contributed by atoms with Gasteiger partial charge in [0.2, 0.25) is 5.91 Å². The van der Waals surface area contributed by atoms with Crippen LogP contribution in [0.5, 0.6) is 0 Å². The first-order valence-corrected chi connectivity index (χ1v) is 11.2. The number of amides is 1. The Labute approximate surface area is 175 Å². The second-order valence-corrected chi connectivity index (χ2v) is 8.66. The summed E-state index contributed by atoms with van der Waals surface area (Å²) in [6.07, 6.45) is 3.81. The molecule has 1 aromatic heterocycles. The molecule has 0 saturated carbocycles. The number of thiazole rings is 1. The number of carbonyl (C=O) groups excluding carboxylic acids is 1. The van der Waals surface area contributed by atoms with Crippen molar-refractivity contribution < 1.29 is 4.79 Å². The fourth-order valence-corrected chi connectivity index (χ4v) is 3.88. The first-order valence-electron chi connectivity index (χ1n) is 9.42. The molecule has 2 N–H and O–H groups in total. The predicted molar refractivity (Wildman–Crippen MR) is 119 cm³/mol. The van der Waals surface area contributed by atoms with Gasteiger partial charge < -0.3 is 15.5 Å². The lowest BCUT2D eigenvalue weighted by atomic mass is 10.4. The van der Waals surface area contributed by atoms with E-state index >= 15 is 0 Å². The molecule has 1 aromatic carbocycles. The van der Waals surface area contributed by atoms with Crippen LogP contribution in [0.15, 0.2) is 46.4 Å². The van der Waals surface area contributed by atoms with Crippen LogP contribution in [-0.4, -0.2) is 61.2 Å². The van der Waals surface area contributed by atoms with E-state index in [0.717, 1.165) is 36.7 Å². The highest BCUT2D eigenvalue weighted by atomic mass is 32.2. The van der Waals surface area contributed by atoms with E-state index in [1.165, 1.54) is 9.77 Å². The number of nitrogens with one attached hydrogen (secondary N) is 2. The third-order valence-electron chi connectivity index (χ3n) is 3.86. The van der Waals surface area contributed by atoms with Crippen molar-refractivity contribution in [3.8, 4) is 0 Å². The van der Waals surface area contributed by atoms with Crippen molar-refractivity contribution >= 4 is 35.0 Å². The van der Waals surface area contributed by atoms with Crippen LogP contribution < -0.4 is 10.6 Å². The Kier molecular flexibility index (Phi) is 9.85. The maximum atomic E-state index is 11.8. The SMILES string of the molecule is CCc1cnc(CCNC(=NCC(=O)N(C)C)NCCSc2ccccc2)s1. The summed E-state index contributed by atoms with van der Waals surface area (Å²) in [5, 5.41) is 7.75. The van der Waals surface area contributed by atoms with Crippen LogP contribution in [0, 0.1) is 0 Å². The van der Waals surface area contributed by atoms with E-state index in [2.05, 4.69) is 39.7 Å². The number of hydrogen-bond donors (Lipinski definition) is 2. The van der Waals surface area contributed by atoms with Crippen LogP contribution in [0.3, 0.4) is 0 Å². The summed E-state index contributed by atoms with van der Waals surface area (Å²) in [4.78, 5) is 24.8. The topological polar surface area (TPSA) is 69.6 Å². The Hall–Kier alpha value is -2.06. The molecule has 0 unspecified atom stereocenters. The second kappa shape index (κ2) is 12.4. The molecule has 2 aromatic rings. The van der Waals surface area contributed by atoms with E-state index in [9.17, 15) is 4.79 Å². The maximum absolute atomic E-state index is 11.8. The van der Waals surface area contributed by atoms with Gasteiger partial charge in [-0.15, -0.1) is 23.1 Å². The van der Waals surface area contributed by atoms with Gasteiger partial charge in [0, 0.05) is 55.3 Å². The number of aliphatic imine (C=N–C) groups is 1. The van der Waals surface area contributed by atoms with Gasteiger partial charge in [-0.05, 0) is 18.6 Å². The molecule has 0 aliphatic heterocycles. The van der Waals surface area contributed by atoms with Crippen LogP contribution in [0.25, 0.3) is 0 Å².